The zero-order valence-corrected chi connectivity index (χ0v) is 13.4. The zero-order chi connectivity index (χ0) is 17.9. The molecule has 9 heteroatoms. The molecule has 0 spiro atoms. The summed E-state index contributed by atoms with van der Waals surface area (Å²) in [5, 5.41) is 9.94. The van der Waals surface area contributed by atoms with E-state index in [-0.39, 0.29) is 23.6 Å². The smallest absolute Gasteiger partial charge is 0.428 e. The van der Waals surface area contributed by atoms with Crippen molar-refractivity contribution in [2.45, 2.75) is 31.5 Å². The van der Waals surface area contributed by atoms with Crippen molar-refractivity contribution < 1.29 is 22.7 Å². The predicted molar refractivity (Wildman–Crippen MR) is 86.6 cm³/mol. The maximum absolute atomic E-state index is 13.4. The van der Waals surface area contributed by atoms with Crippen LogP contribution in [0, 0.1) is 0 Å². The monoisotopic (exact) mass is 356 g/mol. The van der Waals surface area contributed by atoms with Gasteiger partial charge in [0.2, 0.25) is 0 Å². The van der Waals surface area contributed by atoms with Crippen LogP contribution in [0.2, 0.25) is 0 Å². The molecule has 1 saturated heterocycles. The van der Waals surface area contributed by atoms with Crippen LogP contribution in [-0.2, 0) is 10.9 Å². The Morgan fingerprint density at radius 2 is 2.20 bits per heavy atom. The van der Waals surface area contributed by atoms with Gasteiger partial charge in [-0.3, -0.25) is 0 Å². The highest BCUT2D eigenvalue weighted by Crippen LogP contribution is 2.35. The second kappa shape index (κ2) is 7.30. The maximum Gasteiger partial charge on any atom is 0.428 e. The molecule has 1 unspecified atom stereocenters. The summed E-state index contributed by atoms with van der Waals surface area (Å²) in [6, 6.07) is 4.30. The molecule has 0 aliphatic carbocycles. The molecule has 0 saturated carbocycles. The summed E-state index contributed by atoms with van der Waals surface area (Å²) in [6.45, 7) is 1.26. The number of hydrazone groups is 1. The third-order valence-electron chi connectivity index (χ3n) is 4.25. The first-order valence-electron chi connectivity index (χ1n) is 8.11. The minimum Gasteiger partial charge on any atom is -0.442 e. The number of anilines is 1. The van der Waals surface area contributed by atoms with Crippen LogP contribution in [0.1, 0.15) is 30.4 Å². The van der Waals surface area contributed by atoms with Crippen molar-refractivity contribution in [3.05, 3.63) is 29.3 Å². The second-order valence-corrected chi connectivity index (χ2v) is 6.01. The SMILES string of the molecule is O=C1NN=C(c2ccc(NCCC3CCCN3)c(C(F)(F)F)c2)CO1. The molecule has 2 aliphatic rings. The van der Waals surface area contributed by atoms with Gasteiger partial charge in [-0.25, -0.2) is 10.2 Å². The summed E-state index contributed by atoms with van der Waals surface area (Å²) in [7, 11) is 0. The number of carbonyl (C=O) groups is 1. The van der Waals surface area contributed by atoms with Crippen molar-refractivity contribution >= 4 is 17.5 Å². The molecule has 25 heavy (non-hydrogen) atoms. The van der Waals surface area contributed by atoms with Gasteiger partial charge in [0.15, 0.2) is 0 Å². The normalized spacial score (nSPS) is 20.7. The van der Waals surface area contributed by atoms with Gasteiger partial charge in [0.05, 0.1) is 5.56 Å². The third-order valence-corrected chi connectivity index (χ3v) is 4.25. The largest absolute Gasteiger partial charge is 0.442 e. The molecule has 1 aromatic rings. The van der Waals surface area contributed by atoms with Gasteiger partial charge in [0.25, 0.3) is 0 Å². The van der Waals surface area contributed by atoms with Gasteiger partial charge in [-0.2, -0.15) is 18.3 Å². The van der Waals surface area contributed by atoms with Crippen molar-refractivity contribution in [1.29, 1.82) is 0 Å². The van der Waals surface area contributed by atoms with E-state index in [9.17, 15) is 18.0 Å². The highest BCUT2D eigenvalue weighted by molar-refractivity contribution is 6.04. The molecule has 3 rings (SSSR count). The van der Waals surface area contributed by atoms with Crippen molar-refractivity contribution in [2.24, 2.45) is 5.10 Å². The molecule has 0 radical (unpaired) electrons. The average Bonchev–Trinajstić information content (AvgIpc) is 3.08. The summed E-state index contributed by atoms with van der Waals surface area (Å²) in [6.07, 6.45) is -2.29. The Hall–Kier alpha value is -2.29. The fraction of sp³-hybridized carbons (Fsp3) is 0.500. The molecule has 6 nitrogen and oxygen atoms in total. The summed E-state index contributed by atoms with van der Waals surface area (Å²) >= 11 is 0. The first-order valence-corrected chi connectivity index (χ1v) is 8.11. The number of nitrogens with zero attached hydrogens (tertiary/aromatic N) is 1. The molecule has 1 atom stereocenters. The van der Waals surface area contributed by atoms with Crippen LogP contribution in [-0.4, -0.2) is 37.5 Å². The Kier molecular flexibility index (Phi) is 5.12. The minimum atomic E-state index is -4.50. The van der Waals surface area contributed by atoms with E-state index >= 15 is 0 Å². The lowest BCUT2D eigenvalue weighted by Crippen LogP contribution is -2.31. The number of amides is 1. The van der Waals surface area contributed by atoms with Gasteiger partial charge < -0.3 is 15.4 Å². The predicted octanol–water partition coefficient (Wildman–Crippen LogP) is 2.70. The fourth-order valence-electron chi connectivity index (χ4n) is 2.96. The lowest BCUT2D eigenvalue weighted by atomic mass is 10.0. The van der Waals surface area contributed by atoms with Gasteiger partial charge in [-0.05, 0) is 37.9 Å². The maximum atomic E-state index is 13.4. The first kappa shape index (κ1) is 17.5. The number of hydrogen-bond acceptors (Lipinski definition) is 5. The Morgan fingerprint density at radius 1 is 1.36 bits per heavy atom. The lowest BCUT2D eigenvalue weighted by molar-refractivity contribution is -0.137. The molecule has 1 fully saturated rings. The zero-order valence-electron chi connectivity index (χ0n) is 13.4. The molecule has 2 heterocycles. The highest BCUT2D eigenvalue weighted by atomic mass is 19.4. The number of carbonyl (C=O) groups excluding carboxylic acids is 1. The fourth-order valence-corrected chi connectivity index (χ4v) is 2.96. The van der Waals surface area contributed by atoms with E-state index in [4.69, 9.17) is 4.74 Å². The first-order chi connectivity index (χ1) is 11.9. The van der Waals surface area contributed by atoms with Crippen molar-refractivity contribution in [2.75, 3.05) is 25.0 Å². The van der Waals surface area contributed by atoms with Crippen LogP contribution < -0.4 is 16.1 Å². The number of alkyl halides is 3. The molecule has 136 valence electrons. The standard InChI is InChI=1S/C16H19F3N4O2/c17-16(18,19)12-8-10(14-9-25-15(24)23-22-14)3-4-13(12)21-7-5-11-2-1-6-20-11/h3-4,8,11,20-21H,1-2,5-7,9H2,(H,23,24). The number of rotatable bonds is 5. The van der Waals surface area contributed by atoms with Crippen molar-refractivity contribution in [3.8, 4) is 0 Å². The van der Waals surface area contributed by atoms with Crippen LogP contribution in [0.25, 0.3) is 0 Å². The highest BCUT2D eigenvalue weighted by Gasteiger charge is 2.34. The molecule has 0 aromatic heterocycles. The van der Waals surface area contributed by atoms with E-state index in [1.54, 1.807) is 0 Å². The summed E-state index contributed by atoms with van der Waals surface area (Å²) < 4.78 is 44.9. The molecular formula is C16H19F3N4O2. The van der Waals surface area contributed by atoms with E-state index in [2.05, 4.69) is 21.2 Å². The number of ether oxygens (including phenoxy) is 1. The van der Waals surface area contributed by atoms with Crippen LogP contribution in [0.4, 0.5) is 23.7 Å². The summed E-state index contributed by atoms with van der Waals surface area (Å²) in [4.78, 5) is 10.9. The van der Waals surface area contributed by atoms with E-state index in [0.717, 1.165) is 31.9 Å². The molecule has 3 N–H and O–H groups in total. The molecular weight excluding hydrogens is 337 g/mol. The van der Waals surface area contributed by atoms with E-state index in [1.807, 2.05) is 0 Å². The Labute approximate surface area is 142 Å². The third kappa shape index (κ3) is 4.41. The minimum absolute atomic E-state index is 0.0376. The second-order valence-electron chi connectivity index (χ2n) is 6.01. The van der Waals surface area contributed by atoms with Gasteiger partial charge in [-0.15, -0.1) is 0 Å². The number of halogens is 3. The average molecular weight is 356 g/mol. The molecule has 1 amide bonds. The molecule has 2 aliphatic heterocycles. The molecule has 0 bridgehead atoms. The van der Waals surface area contributed by atoms with Crippen molar-refractivity contribution in [3.63, 3.8) is 0 Å². The van der Waals surface area contributed by atoms with Crippen LogP contribution in [0.5, 0.6) is 0 Å². The lowest BCUT2D eigenvalue weighted by Gasteiger charge is -2.19. The van der Waals surface area contributed by atoms with Crippen LogP contribution >= 0.6 is 0 Å². The van der Waals surface area contributed by atoms with Gasteiger partial charge in [0.1, 0.15) is 12.3 Å². The Bertz CT molecular complexity index is 670. The topological polar surface area (TPSA) is 74.8 Å². The van der Waals surface area contributed by atoms with Crippen molar-refractivity contribution in [1.82, 2.24) is 10.7 Å². The summed E-state index contributed by atoms with van der Waals surface area (Å²) in [5.41, 5.74) is 1.87. The van der Waals surface area contributed by atoms with Gasteiger partial charge >= 0.3 is 12.3 Å². The molecule has 1 aromatic carbocycles. The Morgan fingerprint density at radius 3 is 2.84 bits per heavy atom. The van der Waals surface area contributed by atoms with E-state index in [1.165, 1.54) is 12.1 Å². The van der Waals surface area contributed by atoms with Crippen LogP contribution in [0.3, 0.4) is 0 Å². The Balaban J connectivity index is 1.74. The van der Waals surface area contributed by atoms with Crippen LogP contribution in [0.15, 0.2) is 23.3 Å². The van der Waals surface area contributed by atoms with Gasteiger partial charge in [0, 0.05) is 23.8 Å². The van der Waals surface area contributed by atoms with E-state index < -0.39 is 17.8 Å². The number of cyclic esters (lactones) is 1. The quantitative estimate of drug-likeness (QED) is 0.758. The number of nitrogens with one attached hydrogen (secondary N) is 3. The number of benzene rings is 1. The summed E-state index contributed by atoms with van der Waals surface area (Å²) in [5.74, 6) is 0. The van der Waals surface area contributed by atoms with E-state index in [0.29, 0.717) is 12.6 Å². The van der Waals surface area contributed by atoms with Gasteiger partial charge in [-0.1, -0.05) is 6.07 Å². The number of hydrogen-bond donors (Lipinski definition) is 3.